The van der Waals surface area contributed by atoms with Crippen LogP contribution in [0.4, 0.5) is 10.1 Å². The molecule has 0 bridgehead atoms. The van der Waals surface area contributed by atoms with Crippen LogP contribution in [-0.2, 0) is 13.0 Å². The molecule has 1 aromatic carbocycles. The monoisotopic (exact) mass is 297 g/mol. The van der Waals surface area contributed by atoms with Gasteiger partial charge in [-0.15, -0.1) is 0 Å². The minimum atomic E-state index is -0.256. The van der Waals surface area contributed by atoms with Crippen molar-refractivity contribution < 1.29 is 8.81 Å². The predicted octanol–water partition coefficient (Wildman–Crippen LogP) is 4.36. The molecule has 90 valence electrons. The second-order valence-corrected chi connectivity index (χ2v) is 4.55. The van der Waals surface area contributed by atoms with Gasteiger partial charge in [0.2, 0.25) is 0 Å². The van der Waals surface area contributed by atoms with E-state index >= 15 is 0 Å². The number of nitrogens with one attached hydrogen (secondary N) is 1. The number of furan rings is 1. The van der Waals surface area contributed by atoms with Gasteiger partial charge in [-0.25, -0.2) is 4.39 Å². The standard InChI is InChI=1S/C13H13BrFNO/c1-2-10-4-5-11(17-10)8-16-13-6-3-9(15)7-12(13)14/h3-7,16H,2,8H2,1H3. The van der Waals surface area contributed by atoms with Gasteiger partial charge in [0, 0.05) is 16.6 Å². The molecule has 1 aromatic heterocycles. The smallest absolute Gasteiger partial charge is 0.124 e. The van der Waals surface area contributed by atoms with E-state index in [1.54, 1.807) is 6.07 Å². The summed E-state index contributed by atoms with van der Waals surface area (Å²) in [5.41, 5.74) is 0.848. The van der Waals surface area contributed by atoms with Gasteiger partial charge in [0.25, 0.3) is 0 Å². The number of benzene rings is 1. The molecule has 0 radical (unpaired) electrons. The molecule has 1 heterocycles. The Labute approximate surface area is 108 Å². The van der Waals surface area contributed by atoms with E-state index in [0.717, 1.165) is 23.6 Å². The van der Waals surface area contributed by atoms with E-state index in [2.05, 4.69) is 21.2 Å². The van der Waals surface area contributed by atoms with Crippen molar-refractivity contribution in [3.63, 3.8) is 0 Å². The minimum Gasteiger partial charge on any atom is -0.464 e. The first-order valence-corrected chi connectivity index (χ1v) is 6.25. The van der Waals surface area contributed by atoms with Gasteiger partial charge < -0.3 is 9.73 Å². The van der Waals surface area contributed by atoms with Crippen LogP contribution in [0.25, 0.3) is 0 Å². The van der Waals surface area contributed by atoms with Gasteiger partial charge in [0.05, 0.1) is 6.54 Å². The first kappa shape index (κ1) is 12.2. The molecule has 0 saturated heterocycles. The van der Waals surface area contributed by atoms with Crippen LogP contribution in [0, 0.1) is 5.82 Å². The second kappa shape index (κ2) is 5.36. The number of hydrogen-bond acceptors (Lipinski definition) is 2. The van der Waals surface area contributed by atoms with E-state index < -0.39 is 0 Å². The molecule has 0 aliphatic heterocycles. The van der Waals surface area contributed by atoms with Crippen LogP contribution in [0.2, 0.25) is 0 Å². The Hall–Kier alpha value is -1.29. The summed E-state index contributed by atoms with van der Waals surface area (Å²) in [6.07, 6.45) is 0.889. The Morgan fingerprint density at radius 1 is 1.24 bits per heavy atom. The normalized spacial score (nSPS) is 10.5. The van der Waals surface area contributed by atoms with Gasteiger partial charge in [-0.2, -0.15) is 0 Å². The average molecular weight is 298 g/mol. The van der Waals surface area contributed by atoms with Crippen molar-refractivity contribution in [2.24, 2.45) is 0 Å². The molecule has 0 spiro atoms. The van der Waals surface area contributed by atoms with Gasteiger partial charge in [-0.05, 0) is 46.3 Å². The number of halogens is 2. The van der Waals surface area contributed by atoms with Crippen molar-refractivity contribution in [2.75, 3.05) is 5.32 Å². The number of rotatable bonds is 4. The largest absolute Gasteiger partial charge is 0.464 e. The lowest BCUT2D eigenvalue weighted by atomic mass is 10.3. The zero-order valence-electron chi connectivity index (χ0n) is 9.47. The molecule has 2 nitrogen and oxygen atoms in total. The highest BCUT2D eigenvalue weighted by Gasteiger charge is 2.03. The lowest BCUT2D eigenvalue weighted by Gasteiger charge is -2.06. The third-order valence-corrected chi connectivity index (χ3v) is 3.11. The molecular weight excluding hydrogens is 285 g/mol. The Kier molecular flexibility index (Phi) is 3.84. The third kappa shape index (κ3) is 3.09. The lowest BCUT2D eigenvalue weighted by molar-refractivity contribution is 0.476. The molecule has 0 aliphatic carbocycles. The van der Waals surface area contributed by atoms with Gasteiger partial charge in [0.1, 0.15) is 17.3 Å². The van der Waals surface area contributed by atoms with Gasteiger partial charge in [-0.1, -0.05) is 6.92 Å². The van der Waals surface area contributed by atoms with Crippen molar-refractivity contribution in [2.45, 2.75) is 19.9 Å². The number of aryl methyl sites for hydroxylation is 1. The summed E-state index contributed by atoms with van der Waals surface area (Å²) in [7, 11) is 0. The molecule has 0 atom stereocenters. The zero-order chi connectivity index (χ0) is 12.3. The Morgan fingerprint density at radius 3 is 2.65 bits per heavy atom. The molecule has 0 saturated carbocycles. The summed E-state index contributed by atoms with van der Waals surface area (Å²) in [5, 5.41) is 3.19. The van der Waals surface area contributed by atoms with Crippen molar-refractivity contribution in [1.29, 1.82) is 0 Å². The topological polar surface area (TPSA) is 25.2 Å². The lowest BCUT2D eigenvalue weighted by Crippen LogP contribution is -1.99. The maximum absolute atomic E-state index is 12.9. The first-order chi connectivity index (χ1) is 8.19. The van der Waals surface area contributed by atoms with E-state index in [4.69, 9.17) is 4.42 Å². The van der Waals surface area contributed by atoms with Crippen molar-refractivity contribution in [3.8, 4) is 0 Å². The summed E-state index contributed by atoms with van der Waals surface area (Å²) in [4.78, 5) is 0. The highest BCUT2D eigenvalue weighted by molar-refractivity contribution is 9.10. The average Bonchev–Trinajstić information content (AvgIpc) is 2.76. The van der Waals surface area contributed by atoms with E-state index in [9.17, 15) is 4.39 Å². The number of hydrogen-bond donors (Lipinski definition) is 1. The summed E-state index contributed by atoms with van der Waals surface area (Å²) >= 11 is 3.31. The van der Waals surface area contributed by atoms with Crippen LogP contribution in [0.5, 0.6) is 0 Å². The third-order valence-electron chi connectivity index (χ3n) is 2.45. The van der Waals surface area contributed by atoms with Crippen molar-refractivity contribution in [3.05, 3.63) is 52.1 Å². The fourth-order valence-electron chi connectivity index (χ4n) is 1.52. The maximum atomic E-state index is 12.9. The van der Waals surface area contributed by atoms with E-state index in [0.29, 0.717) is 11.0 Å². The second-order valence-electron chi connectivity index (χ2n) is 3.70. The van der Waals surface area contributed by atoms with Crippen molar-refractivity contribution in [1.82, 2.24) is 0 Å². The first-order valence-electron chi connectivity index (χ1n) is 5.45. The van der Waals surface area contributed by atoms with E-state index in [-0.39, 0.29) is 5.82 Å². The molecule has 2 rings (SSSR count). The van der Waals surface area contributed by atoms with E-state index in [1.807, 2.05) is 19.1 Å². The number of anilines is 1. The molecule has 0 aliphatic rings. The van der Waals surface area contributed by atoms with Gasteiger partial charge in [-0.3, -0.25) is 0 Å². The predicted molar refractivity (Wildman–Crippen MR) is 69.5 cm³/mol. The minimum absolute atomic E-state index is 0.256. The van der Waals surface area contributed by atoms with Crippen LogP contribution in [-0.4, -0.2) is 0 Å². The van der Waals surface area contributed by atoms with Crippen LogP contribution in [0.15, 0.2) is 39.2 Å². The summed E-state index contributed by atoms with van der Waals surface area (Å²) in [6, 6.07) is 8.47. The SMILES string of the molecule is CCc1ccc(CNc2ccc(F)cc2Br)o1. The quantitative estimate of drug-likeness (QED) is 0.907. The van der Waals surface area contributed by atoms with E-state index in [1.165, 1.54) is 12.1 Å². The summed E-state index contributed by atoms with van der Waals surface area (Å²) in [5.74, 6) is 1.59. The summed E-state index contributed by atoms with van der Waals surface area (Å²) < 4.78 is 19.2. The van der Waals surface area contributed by atoms with Crippen LogP contribution in [0.3, 0.4) is 0 Å². The zero-order valence-corrected chi connectivity index (χ0v) is 11.1. The molecule has 0 unspecified atom stereocenters. The summed E-state index contributed by atoms with van der Waals surface area (Å²) in [6.45, 7) is 2.64. The highest BCUT2D eigenvalue weighted by atomic mass is 79.9. The van der Waals surface area contributed by atoms with Crippen molar-refractivity contribution >= 4 is 21.6 Å². The van der Waals surface area contributed by atoms with Crippen LogP contribution < -0.4 is 5.32 Å². The molecular formula is C13H13BrFNO. The van der Waals surface area contributed by atoms with Gasteiger partial charge >= 0.3 is 0 Å². The Balaban J connectivity index is 2.02. The van der Waals surface area contributed by atoms with Crippen LogP contribution >= 0.6 is 15.9 Å². The Morgan fingerprint density at radius 2 is 2.00 bits per heavy atom. The molecule has 0 amide bonds. The van der Waals surface area contributed by atoms with Crippen LogP contribution in [0.1, 0.15) is 18.4 Å². The Bertz CT molecular complexity index is 510. The molecule has 4 heteroatoms. The molecule has 0 fully saturated rings. The fourth-order valence-corrected chi connectivity index (χ4v) is 2.01. The molecule has 2 aromatic rings. The maximum Gasteiger partial charge on any atom is 0.124 e. The van der Waals surface area contributed by atoms with Gasteiger partial charge in [0.15, 0.2) is 0 Å². The fraction of sp³-hybridized carbons (Fsp3) is 0.231. The molecule has 17 heavy (non-hydrogen) atoms. The molecule has 1 N–H and O–H groups in total. The highest BCUT2D eigenvalue weighted by Crippen LogP contribution is 2.23.